The largest absolute Gasteiger partial charge is 0.309 e. The van der Waals surface area contributed by atoms with Crippen molar-refractivity contribution in [1.29, 1.82) is 0 Å². The molecule has 0 fully saturated rings. The predicted molar refractivity (Wildman–Crippen MR) is 41.7 cm³/mol. The van der Waals surface area contributed by atoms with Gasteiger partial charge in [0, 0.05) is 20.4 Å². The van der Waals surface area contributed by atoms with Crippen LogP contribution in [0.4, 0.5) is 0 Å². The number of nitrogens with zero attached hydrogens (tertiary/aromatic N) is 4. The van der Waals surface area contributed by atoms with Gasteiger partial charge in [0.15, 0.2) is 0 Å². The first kappa shape index (κ1) is 8.19. The summed E-state index contributed by atoms with van der Waals surface area (Å²) in [6, 6.07) is 0. The first-order chi connectivity index (χ1) is 5.08. The van der Waals surface area contributed by atoms with E-state index in [1.165, 1.54) is 19.6 Å². The zero-order valence-electron chi connectivity index (χ0n) is 6.68. The Labute approximate surface area is 65.6 Å². The molecule has 0 aliphatic heterocycles. The summed E-state index contributed by atoms with van der Waals surface area (Å²) in [7, 11) is 0.929. The van der Waals surface area contributed by atoms with E-state index in [4.69, 9.17) is 0 Å². The topological polar surface area (TPSA) is 60.1 Å². The van der Waals surface area contributed by atoms with Crippen LogP contribution in [-0.4, -0.2) is 32.3 Å². The maximum Gasteiger partial charge on any atom is 0.229 e. The van der Waals surface area contributed by atoms with Crippen molar-refractivity contribution in [3.05, 3.63) is 6.33 Å². The van der Waals surface area contributed by atoms with Gasteiger partial charge in [-0.2, -0.15) is 0 Å². The fraction of sp³-hybridized carbons (Fsp3) is 0.600. The van der Waals surface area contributed by atoms with Gasteiger partial charge in [-0.05, 0) is 0 Å². The number of hydrogen-bond donors (Lipinski definition) is 0. The fourth-order valence-electron chi connectivity index (χ4n) is 0.697. The number of aryl methyl sites for hydroxylation is 1. The SMILES string of the molecule is CN=[S@](C)(=O)c1nncn1C. The summed E-state index contributed by atoms with van der Waals surface area (Å²) in [5.74, 6) is 0. The summed E-state index contributed by atoms with van der Waals surface area (Å²) in [5.41, 5.74) is 0. The third kappa shape index (κ3) is 1.40. The van der Waals surface area contributed by atoms with Gasteiger partial charge in [0.1, 0.15) is 16.1 Å². The van der Waals surface area contributed by atoms with Crippen LogP contribution in [0, 0.1) is 0 Å². The maximum absolute atomic E-state index is 11.5. The monoisotopic (exact) mass is 174 g/mol. The van der Waals surface area contributed by atoms with Gasteiger partial charge in [-0.3, -0.25) is 0 Å². The summed E-state index contributed by atoms with van der Waals surface area (Å²) in [6.45, 7) is 0. The van der Waals surface area contributed by atoms with Crippen molar-refractivity contribution < 1.29 is 4.21 Å². The molecular formula is C5H10N4OS. The highest BCUT2D eigenvalue weighted by Crippen LogP contribution is 2.03. The molecule has 1 aromatic heterocycles. The Morgan fingerprint density at radius 2 is 2.36 bits per heavy atom. The zero-order chi connectivity index (χ0) is 8.48. The first-order valence-corrected chi connectivity index (χ1v) is 4.94. The Hall–Kier alpha value is -0.910. The van der Waals surface area contributed by atoms with Crippen molar-refractivity contribution in [1.82, 2.24) is 14.8 Å². The molecule has 0 aliphatic rings. The van der Waals surface area contributed by atoms with Crippen LogP contribution in [0.1, 0.15) is 0 Å². The van der Waals surface area contributed by atoms with Gasteiger partial charge >= 0.3 is 0 Å². The van der Waals surface area contributed by atoms with Gasteiger partial charge in [-0.15, -0.1) is 10.2 Å². The molecule has 0 radical (unpaired) electrons. The molecule has 0 saturated carbocycles. The highest BCUT2D eigenvalue weighted by atomic mass is 32.2. The normalized spacial score (nSPS) is 15.9. The molecule has 0 amide bonds. The lowest BCUT2D eigenvalue weighted by molar-refractivity contribution is 0.660. The van der Waals surface area contributed by atoms with Crippen molar-refractivity contribution in [3.8, 4) is 0 Å². The van der Waals surface area contributed by atoms with Crippen molar-refractivity contribution in [3.63, 3.8) is 0 Å². The summed E-state index contributed by atoms with van der Waals surface area (Å²) in [5, 5.41) is 7.73. The minimum Gasteiger partial charge on any atom is -0.309 e. The molecule has 0 unspecified atom stereocenters. The van der Waals surface area contributed by atoms with E-state index < -0.39 is 9.73 Å². The quantitative estimate of drug-likeness (QED) is 0.597. The Balaban J connectivity index is 3.34. The van der Waals surface area contributed by atoms with Crippen molar-refractivity contribution >= 4 is 9.73 Å². The molecular weight excluding hydrogens is 164 g/mol. The Morgan fingerprint density at radius 1 is 1.73 bits per heavy atom. The van der Waals surface area contributed by atoms with E-state index in [1.807, 2.05) is 0 Å². The van der Waals surface area contributed by atoms with Crippen LogP contribution in [0.2, 0.25) is 0 Å². The molecule has 0 bridgehead atoms. The molecule has 62 valence electrons. The summed E-state index contributed by atoms with van der Waals surface area (Å²) < 4.78 is 16.9. The average molecular weight is 174 g/mol. The Bertz CT molecular complexity index is 360. The lowest BCUT2D eigenvalue weighted by Gasteiger charge is -1.99. The molecule has 0 saturated heterocycles. The highest BCUT2D eigenvalue weighted by molar-refractivity contribution is 7.92. The maximum atomic E-state index is 11.5. The minimum atomic E-state index is -2.32. The van der Waals surface area contributed by atoms with Crippen LogP contribution in [-0.2, 0) is 16.8 Å². The van der Waals surface area contributed by atoms with Gasteiger partial charge in [0.05, 0.1) is 0 Å². The molecule has 11 heavy (non-hydrogen) atoms. The predicted octanol–water partition coefficient (Wildman–Crippen LogP) is -0.0984. The number of rotatable bonds is 1. The summed E-state index contributed by atoms with van der Waals surface area (Å²) in [6.07, 6.45) is 3.04. The van der Waals surface area contributed by atoms with Gasteiger partial charge in [-0.25, -0.2) is 8.57 Å². The second-order valence-corrected chi connectivity index (χ2v) is 4.54. The molecule has 5 nitrogen and oxygen atoms in total. The zero-order valence-corrected chi connectivity index (χ0v) is 7.50. The number of aromatic nitrogens is 3. The highest BCUT2D eigenvalue weighted by Gasteiger charge is 2.10. The fourth-order valence-corrected chi connectivity index (χ4v) is 1.64. The molecule has 0 spiro atoms. The molecule has 1 atom stereocenters. The molecule has 1 aromatic rings. The van der Waals surface area contributed by atoms with Crippen LogP contribution >= 0.6 is 0 Å². The second-order valence-electron chi connectivity index (χ2n) is 2.21. The third-order valence-corrected chi connectivity index (χ3v) is 3.10. The van der Waals surface area contributed by atoms with E-state index in [0.717, 1.165) is 0 Å². The number of hydrogen-bond acceptors (Lipinski definition) is 4. The minimum absolute atomic E-state index is 0.417. The molecule has 6 heteroatoms. The third-order valence-electron chi connectivity index (χ3n) is 1.36. The van der Waals surface area contributed by atoms with E-state index in [0.29, 0.717) is 5.16 Å². The van der Waals surface area contributed by atoms with E-state index in [9.17, 15) is 4.21 Å². The van der Waals surface area contributed by atoms with E-state index >= 15 is 0 Å². The first-order valence-electron chi connectivity index (χ1n) is 3.02. The molecule has 0 aromatic carbocycles. The summed E-state index contributed by atoms with van der Waals surface area (Å²) >= 11 is 0. The summed E-state index contributed by atoms with van der Waals surface area (Å²) in [4.78, 5) is 0. The van der Waals surface area contributed by atoms with Crippen LogP contribution in [0.25, 0.3) is 0 Å². The Morgan fingerprint density at radius 3 is 2.73 bits per heavy atom. The van der Waals surface area contributed by atoms with Gasteiger partial charge < -0.3 is 4.57 Å². The molecule has 1 heterocycles. The van der Waals surface area contributed by atoms with Crippen LogP contribution in [0.15, 0.2) is 15.8 Å². The molecule has 0 aliphatic carbocycles. The van der Waals surface area contributed by atoms with E-state index in [1.54, 1.807) is 11.6 Å². The van der Waals surface area contributed by atoms with Crippen molar-refractivity contribution in [2.45, 2.75) is 5.16 Å². The van der Waals surface area contributed by atoms with Crippen molar-refractivity contribution in [2.75, 3.05) is 13.3 Å². The van der Waals surface area contributed by atoms with Crippen molar-refractivity contribution in [2.24, 2.45) is 11.4 Å². The van der Waals surface area contributed by atoms with E-state index in [-0.39, 0.29) is 0 Å². The van der Waals surface area contributed by atoms with Gasteiger partial charge in [0.25, 0.3) is 0 Å². The molecule has 1 rings (SSSR count). The van der Waals surface area contributed by atoms with Gasteiger partial charge in [-0.1, -0.05) is 0 Å². The lowest BCUT2D eigenvalue weighted by Crippen LogP contribution is -2.05. The van der Waals surface area contributed by atoms with Crippen LogP contribution in [0.5, 0.6) is 0 Å². The molecule has 0 N–H and O–H groups in total. The second kappa shape index (κ2) is 2.61. The smallest absolute Gasteiger partial charge is 0.229 e. The van der Waals surface area contributed by atoms with Gasteiger partial charge in [0.2, 0.25) is 5.16 Å². The average Bonchev–Trinajstić information content (AvgIpc) is 2.36. The standard InChI is InChI=1S/C5H10N4OS/c1-6-11(3,10)5-8-7-4-9(5)2/h4H,1-3H3/t11-/m1/s1. The van der Waals surface area contributed by atoms with E-state index in [2.05, 4.69) is 14.6 Å². The Kier molecular flexibility index (Phi) is 1.95. The van der Waals surface area contributed by atoms with Crippen LogP contribution < -0.4 is 0 Å². The lowest BCUT2D eigenvalue weighted by atomic mass is 11.1. The van der Waals surface area contributed by atoms with Crippen LogP contribution in [0.3, 0.4) is 0 Å².